The van der Waals surface area contributed by atoms with Crippen LogP contribution in [-0.4, -0.2) is 32.5 Å². The van der Waals surface area contributed by atoms with Crippen molar-refractivity contribution in [3.63, 3.8) is 0 Å². The minimum Gasteiger partial charge on any atom is -0.384 e. The molecule has 3 rings (SSSR count). The van der Waals surface area contributed by atoms with Crippen molar-refractivity contribution in [3.8, 4) is 0 Å². The molecule has 2 aromatic rings. The van der Waals surface area contributed by atoms with Gasteiger partial charge in [0.05, 0.1) is 18.8 Å². The van der Waals surface area contributed by atoms with E-state index in [0.717, 1.165) is 19.3 Å². The Hall–Kier alpha value is -1.42. The van der Waals surface area contributed by atoms with Crippen molar-refractivity contribution in [1.29, 1.82) is 0 Å². The molecule has 0 amide bonds. The van der Waals surface area contributed by atoms with Crippen molar-refractivity contribution >= 4 is 10.8 Å². The van der Waals surface area contributed by atoms with Crippen molar-refractivity contribution in [1.82, 2.24) is 0 Å². The van der Waals surface area contributed by atoms with E-state index in [4.69, 9.17) is 15.2 Å². The van der Waals surface area contributed by atoms with Crippen LogP contribution in [0.25, 0.3) is 10.8 Å². The second kappa shape index (κ2) is 7.23. The van der Waals surface area contributed by atoms with E-state index in [1.807, 2.05) is 0 Å². The number of rotatable bonds is 6. The molecule has 1 saturated heterocycles. The number of benzene rings is 2. The number of ether oxygens (including phenoxy) is 2. The van der Waals surface area contributed by atoms with Crippen molar-refractivity contribution < 1.29 is 9.47 Å². The van der Waals surface area contributed by atoms with Crippen LogP contribution in [0.3, 0.4) is 0 Å². The van der Waals surface area contributed by atoms with Gasteiger partial charge in [0.15, 0.2) is 0 Å². The first kappa shape index (κ1) is 15.5. The van der Waals surface area contributed by atoms with Gasteiger partial charge in [-0.2, -0.15) is 0 Å². The minimum atomic E-state index is 0.224. The number of fused-ring (bicyclic) bond motifs is 1. The topological polar surface area (TPSA) is 44.5 Å². The third-order valence-corrected chi connectivity index (χ3v) is 4.65. The molecule has 0 radical (unpaired) electrons. The molecule has 2 aromatic carbocycles. The minimum absolute atomic E-state index is 0.224. The Morgan fingerprint density at radius 3 is 2.82 bits per heavy atom. The van der Waals surface area contributed by atoms with Gasteiger partial charge in [-0.15, -0.1) is 0 Å². The van der Waals surface area contributed by atoms with E-state index in [0.29, 0.717) is 19.3 Å². The number of nitrogens with two attached hydrogens (primary N) is 1. The van der Waals surface area contributed by atoms with Crippen LogP contribution in [0, 0.1) is 0 Å². The van der Waals surface area contributed by atoms with Gasteiger partial charge in [0, 0.05) is 13.0 Å². The summed E-state index contributed by atoms with van der Waals surface area (Å²) in [5, 5.41) is 2.58. The molecule has 118 valence electrons. The summed E-state index contributed by atoms with van der Waals surface area (Å²) in [6, 6.07) is 15.0. The van der Waals surface area contributed by atoms with Gasteiger partial charge < -0.3 is 15.2 Å². The Morgan fingerprint density at radius 1 is 1.18 bits per heavy atom. The van der Waals surface area contributed by atoms with E-state index in [1.54, 1.807) is 7.11 Å². The summed E-state index contributed by atoms with van der Waals surface area (Å²) in [5.41, 5.74) is 7.00. The molecule has 0 bridgehead atoms. The van der Waals surface area contributed by atoms with E-state index in [9.17, 15) is 0 Å². The molecule has 0 saturated carbocycles. The molecule has 3 nitrogen and oxygen atoms in total. The van der Waals surface area contributed by atoms with Gasteiger partial charge in [-0.1, -0.05) is 42.5 Å². The van der Waals surface area contributed by atoms with Crippen LogP contribution < -0.4 is 5.73 Å². The Bertz CT molecular complexity index is 608. The third kappa shape index (κ3) is 3.17. The standard InChI is InChI=1S/C19H25NO2/c1-21-13-18(19-10-9-15(22-19)11-12-20)17-8-4-6-14-5-2-3-7-16(14)17/h2-8,15,18-19H,9-13,20H2,1H3. The summed E-state index contributed by atoms with van der Waals surface area (Å²) in [4.78, 5) is 0. The van der Waals surface area contributed by atoms with Crippen LogP contribution in [0.1, 0.15) is 30.7 Å². The van der Waals surface area contributed by atoms with E-state index in [-0.39, 0.29) is 12.0 Å². The van der Waals surface area contributed by atoms with E-state index < -0.39 is 0 Å². The van der Waals surface area contributed by atoms with Gasteiger partial charge in [-0.05, 0) is 42.1 Å². The average molecular weight is 299 g/mol. The lowest BCUT2D eigenvalue weighted by Crippen LogP contribution is -2.24. The maximum atomic E-state index is 6.26. The molecule has 0 aliphatic carbocycles. The molecule has 1 fully saturated rings. The molecule has 1 aliphatic heterocycles. The fourth-order valence-corrected chi connectivity index (χ4v) is 3.58. The predicted octanol–water partition coefficient (Wildman–Crippen LogP) is 3.47. The summed E-state index contributed by atoms with van der Waals surface area (Å²) in [6.45, 7) is 1.38. The zero-order valence-electron chi connectivity index (χ0n) is 13.2. The van der Waals surface area contributed by atoms with Crippen LogP contribution in [0.5, 0.6) is 0 Å². The second-order valence-electron chi connectivity index (χ2n) is 6.08. The SMILES string of the molecule is COCC(c1cccc2ccccc12)C1CCC(CCN)O1. The lowest BCUT2D eigenvalue weighted by molar-refractivity contribution is 0.00912. The van der Waals surface area contributed by atoms with Gasteiger partial charge in [0.25, 0.3) is 0 Å². The van der Waals surface area contributed by atoms with Gasteiger partial charge >= 0.3 is 0 Å². The van der Waals surface area contributed by atoms with Gasteiger partial charge in [0.2, 0.25) is 0 Å². The molecular formula is C19H25NO2. The monoisotopic (exact) mass is 299 g/mol. The summed E-state index contributed by atoms with van der Waals surface area (Å²) in [5.74, 6) is 0.277. The van der Waals surface area contributed by atoms with Crippen LogP contribution >= 0.6 is 0 Å². The van der Waals surface area contributed by atoms with Crippen LogP contribution in [0.4, 0.5) is 0 Å². The highest BCUT2D eigenvalue weighted by atomic mass is 16.5. The Kier molecular flexibility index (Phi) is 5.08. The number of hydrogen-bond donors (Lipinski definition) is 1. The molecule has 0 aromatic heterocycles. The summed E-state index contributed by atoms with van der Waals surface area (Å²) >= 11 is 0. The second-order valence-corrected chi connectivity index (χ2v) is 6.08. The molecule has 0 spiro atoms. The lowest BCUT2D eigenvalue weighted by Gasteiger charge is -2.25. The molecular weight excluding hydrogens is 274 g/mol. The zero-order chi connectivity index (χ0) is 15.4. The van der Waals surface area contributed by atoms with Crippen molar-refractivity contribution in [3.05, 3.63) is 48.0 Å². The van der Waals surface area contributed by atoms with E-state index in [1.165, 1.54) is 16.3 Å². The van der Waals surface area contributed by atoms with Crippen molar-refractivity contribution in [2.45, 2.75) is 37.4 Å². The molecule has 3 atom stereocenters. The molecule has 3 heteroatoms. The normalized spacial score (nSPS) is 23.0. The van der Waals surface area contributed by atoms with Crippen LogP contribution in [0.15, 0.2) is 42.5 Å². The maximum Gasteiger partial charge on any atom is 0.0670 e. The summed E-state index contributed by atoms with van der Waals surface area (Å²) < 4.78 is 11.8. The Morgan fingerprint density at radius 2 is 2.00 bits per heavy atom. The first-order chi connectivity index (χ1) is 10.8. The third-order valence-electron chi connectivity index (χ3n) is 4.65. The number of methoxy groups -OCH3 is 1. The van der Waals surface area contributed by atoms with Crippen LogP contribution in [0.2, 0.25) is 0 Å². The van der Waals surface area contributed by atoms with E-state index in [2.05, 4.69) is 42.5 Å². The zero-order valence-corrected chi connectivity index (χ0v) is 13.2. The maximum absolute atomic E-state index is 6.26. The Balaban J connectivity index is 1.90. The highest BCUT2D eigenvalue weighted by Crippen LogP contribution is 2.36. The smallest absolute Gasteiger partial charge is 0.0670 e. The fraction of sp³-hybridized carbons (Fsp3) is 0.474. The first-order valence-electron chi connectivity index (χ1n) is 8.15. The van der Waals surface area contributed by atoms with Crippen molar-refractivity contribution in [2.24, 2.45) is 5.73 Å². The largest absolute Gasteiger partial charge is 0.384 e. The molecule has 1 aliphatic rings. The van der Waals surface area contributed by atoms with Gasteiger partial charge in [-0.3, -0.25) is 0 Å². The summed E-state index contributed by atoms with van der Waals surface area (Å²) in [7, 11) is 1.77. The van der Waals surface area contributed by atoms with Gasteiger partial charge in [-0.25, -0.2) is 0 Å². The highest BCUT2D eigenvalue weighted by molar-refractivity contribution is 5.86. The average Bonchev–Trinajstić information content (AvgIpc) is 3.01. The van der Waals surface area contributed by atoms with Crippen molar-refractivity contribution in [2.75, 3.05) is 20.3 Å². The van der Waals surface area contributed by atoms with Crippen LogP contribution in [-0.2, 0) is 9.47 Å². The molecule has 2 N–H and O–H groups in total. The number of hydrogen-bond acceptors (Lipinski definition) is 3. The molecule has 3 unspecified atom stereocenters. The summed E-state index contributed by atoms with van der Waals surface area (Å²) in [6.07, 6.45) is 3.67. The molecule has 1 heterocycles. The quantitative estimate of drug-likeness (QED) is 0.888. The lowest BCUT2D eigenvalue weighted by atomic mass is 9.88. The predicted molar refractivity (Wildman–Crippen MR) is 90.1 cm³/mol. The van der Waals surface area contributed by atoms with E-state index >= 15 is 0 Å². The highest BCUT2D eigenvalue weighted by Gasteiger charge is 2.32. The van der Waals surface area contributed by atoms with Gasteiger partial charge in [0.1, 0.15) is 0 Å². The fourth-order valence-electron chi connectivity index (χ4n) is 3.58. The first-order valence-corrected chi connectivity index (χ1v) is 8.15. The Labute approximate surface area is 132 Å². The molecule has 22 heavy (non-hydrogen) atoms.